The number of fused-ring (bicyclic) bond motifs is 4. The van der Waals surface area contributed by atoms with Gasteiger partial charge in [-0.15, -0.1) is 11.8 Å². The average Bonchev–Trinajstić information content (AvgIpc) is 3.32. The van der Waals surface area contributed by atoms with Gasteiger partial charge in [-0.1, -0.05) is 7.43 Å². The second-order valence-electron chi connectivity index (χ2n) is 7.47. The quantitative estimate of drug-likeness (QED) is 0.801. The van der Waals surface area contributed by atoms with Gasteiger partial charge in [0.15, 0.2) is 0 Å². The molecule has 3 nitrogen and oxygen atoms in total. The molecule has 0 aromatic carbocycles. The topological polar surface area (TPSA) is 19.4 Å². The summed E-state index contributed by atoms with van der Waals surface area (Å²) in [6.45, 7) is 4.90. The van der Waals surface area contributed by atoms with E-state index in [4.69, 9.17) is 4.98 Å². The highest BCUT2D eigenvalue weighted by Crippen LogP contribution is 2.59. The largest absolute Gasteiger partial charge is 0.354 e. The van der Waals surface area contributed by atoms with Gasteiger partial charge in [0.25, 0.3) is 0 Å². The van der Waals surface area contributed by atoms with Crippen molar-refractivity contribution in [3.8, 4) is 0 Å². The number of pyridine rings is 1. The smallest absolute Gasteiger partial charge is 0.136 e. The van der Waals surface area contributed by atoms with E-state index in [1.165, 1.54) is 56.7 Å². The molecule has 1 aromatic rings. The normalized spacial score (nSPS) is 31.3. The fourth-order valence-electron chi connectivity index (χ4n) is 4.91. The molecule has 3 fully saturated rings. The lowest BCUT2D eigenvalue weighted by Gasteiger charge is -2.29. The summed E-state index contributed by atoms with van der Waals surface area (Å²) in [5.74, 6) is 2.84. The van der Waals surface area contributed by atoms with Gasteiger partial charge >= 0.3 is 0 Å². The Morgan fingerprint density at radius 1 is 1.17 bits per heavy atom. The third-order valence-electron chi connectivity index (χ3n) is 6.18. The number of aromatic nitrogens is 1. The molecule has 2 unspecified atom stereocenters. The lowest BCUT2D eigenvalue weighted by molar-refractivity contribution is 0.273. The van der Waals surface area contributed by atoms with Gasteiger partial charge in [-0.05, 0) is 72.9 Å². The summed E-state index contributed by atoms with van der Waals surface area (Å²) in [6, 6.07) is 3.02. The van der Waals surface area contributed by atoms with Crippen molar-refractivity contribution < 1.29 is 0 Å². The number of rotatable bonds is 2. The zero-order valence-corrected chi connectivity index (χ0v) is 14.7. The van der Waals surface area contributed by atoms with Gasteiger partial charge in [-0.25, -0.2) is 4.98 Å². The van der Waals surface area contributed by atoms with Crippen molar-refractivity contribution in [1.29, 1.82) is 0 Å². The molecule has 2 aliphatic heterocycles. The van der Waals surface area contributed by atoms with Crippen LogP contribution in [-0.2, 0) is 0 Å². The molecule has 0 spiro atoms. The average molecular weight is 344 g/mol. The van der Waals surface area contributed by atoms with Crippen molar-refractivity contribution >= 4 is 23.7 Å². The first-order chi connectivity index (χ1) is 11.3. The number of allylic oxidation sites excluding steroid dienone is 1. The Morgan fingerprint density at radius 2 is 2.04 bits per heavy atom. The van der Waals surface area contributed by atoms with E-state index in [1.807, 2.05) is 11.8 Å². The number of hydrogen-bond acceptors (Lipinski definition) is 4. The summed E-state index contributed by atoms with van der Waals surface area (Å²) in [6.07, 6.45) is 12.1. The van der Waals surface area contributed by atoms with E-state index in [9.17, 15) is 0 Å². The maximum Gasteiger partial charge on any atom is 0.136 e. The maximum absolute atomic E-state index is 4.85. The van der Waals surface area contributed by atoms with Crippen LogP contribution >= 0.6 is 11.8 Å². The number of anilines is 1. The van der Waals surface area contributed by atoms with E-state index in [0.717, 1.165) is 24.4 Å². The van der Waals surface area contributed by atoms with Gasteiger partial charge in [-0.2, -0.15) is 0 Å². The van der Waals surface area contributed by atoms with Crippen LogP contribution in [0.1, 0.15) is 50.2 Å². The van der Waals surface area contributed by atoms with Gasteiger partial charge in [0.2, 0.25) is 0 Å². The molecule has 0 radical (unpaired) electrons. The van der Waals surface area contributed by atoms with Crippen LogP contribution in [-0.4, -0.2) is 48.4 Å². The van der Waals surface area contributed by atoms with Crippen molar-refractivity contribution in [2.45, 2.75) is 45.1 Å². The molecule has 3 atom stereocenters. The second kappa shape index (κ2) is 6.38. The highest BCUT2D eigenvalue weighted by atomic mass is 32.2. The standard InChI is InChI=1S/C19H25N3S.CH4/c1-23-18-11-17-14(15-10-16(15)18)5-6-20-19(17)22-9-3-8-21-7-2-4-13(21)12-22;/h5-6,11,13,15-16H,2-4,7-10,12H2,1H3;1H4/t13-,15?,16?;/m0./s1. The molecule has 4 aliphatic rings. The van der Waals surface area contributed by atoms with Crippen LogP contribution in [0, 0.1) is 5.92 Å². The second-order valence-corrected chi connectivity index (χ2v) is 8.35. The minimum absolute atomic E-state index is 0. The highest BCUT2D eigenvalue weighted by molar-refractivity contribution is 8.02. The Balaban J connectivity index is 0.00000146. The Hall–Kier alpha value is -1.00. The molecule has 1 aromatic heterocycles. The molecule has 3 heterocycles. The molecule has 0 amide bonds. The molecule has 2 aliphatic carbocycles. The van der Waals surface area contributed by atoms with E-state index in [2.05, 4.69) is 34.4 Å². The summed E-state index contributed by atoms with van der Waals surface area (Å²) in [7, 11) is 0. The molecular weight excluding hydrogens is 314 g/mol. The SMILES string of the molecule is C.CSC1=Cc2c(ccnc2N2CCCN3CCC[C@H]3C2)C2CC12. The molecule has 0 bridgehead atoms. The Bertz CT molecular complexity index is 656. The van der Waals surface area contributed by atoms with Crippen molar-refractivity contribution in [1.82, 2.24) is 9.88 Å². The molecule has 130 valence electrons. The van der Waals surface area contributed by atoms with E-state index < -0.39 is 0 Å². The predicted molar refractivity (Wildman–Crippen MR) is 105 cm³/mol. The number of hydrogen-bond donors (Lipinski definition) is 0. The van der Waals surface area contributed by atoms with Crippen molar-refractivity contribution in [2.24, 2.45) is 5.92 Å². The monoisotopic (exact) mass is 343 g/mol. The summed E-state index contributed by atoms with van der Waals surface area (Å²) in [5, 5.41) is 0. The van der Waals surface area contributed by atoms with E-state index in [0.29, 0.717) is 0 Å². The van der Waals surface area contributed by atoms with Gasteiger partial charge in [0.1, 0.15) is 5.82 Å². The fraction of sp³-hybridized carbons (Fsp3) is 0.650. The molecule has 24 heavy (non-hydrogen) atoms. The van der Waals surface area contributed by atoms with Crippen LogP contribution in [0.15, 0.2) is 17.2 Å². The lowest BCUT2D eigenvalue weighted by atomic mass is 9.97. The van der Waals surface area contributed by atoms with Gasteiger partial charge in [0.05, 0.1) is 0 Å². The molecule has 1 saturated carbocycles. The van der Waals surface area contributed by atoms with Crippen LogP contribution in [0.25, 0.3) is 6.08 Å². The van der Waals surface area contributed by atoms with Gasteiger partial charge in [-0.3, -0.25) is 4.90 Å². The molecule has 5 rings (SSSR count). The van der Waals surface area contributed by atoms with Crippen molar-refractivity contribution in [2.75, 3.05) is 37.3 Å². The summed E-state index contributed by atoms with van der Waals surface area (Å²) < 4.78 is 0. The molecule has 0 N–H and O–H groups in total. The third-order valence-corrected chi connectivity index (χ3v) is 7.08. The first-order valence-electron chi connectivity index (χ1n) is 9.08. The third kappa shape index (κ3) is 2.59. The Morgan fingerprint density at radius 3 is 2.92 bits per heavy atom. The van der Waals surface area contributed by atoms with Crippen molar-refractivity contribution in [3.05, 3.63) is 28.3 Å². The predicted octanol–water partition coefficient (Wildman–Crippen LogP) is 4.21. The molecule has 2 saturated heterocycles. The summed E-state index contributed by atoms with van der Waals surface area (Å²) in [5.41, 5.74) is 2.99. The minimum Gasteiger partial charge on any atom is -0.354 e. The first-order valence-corrected chi connectivity index (χ1v) is 10.3. The van der Waals surface area contributed by atoms with Crippen molar-refractivity contribution in [3.63, 3.8) is 0 Å². The van der Waals surface area contributed by atoms with Crippen LogP contribution in [0.5, 0.6) is 0 Å². The Kier molecular flexibility index (Phi) is 4.38. The summed E-state index contributed by atoms with van der Waals surface area (Å²) in [4.78, 5) is 11.7. The number of nitrogens with zero attached hydrogens (tertiary/aromatic N) is 3. The van der Waals surface area contributed by atoms with Crippen LogP contribution in [0.4, 0.5) is 5.82 Å². The van der Waals surface area contributed by atoms with Crippen LogP contribution < -0.4 is 4.90 Å². The minimum atomic E-state index is 0. The Labute approximate surface area is 150 Å². The van der Waals surface area contributed by atoms with Gasteiger partial charge < -0.3 is 4.90 Å². The number of thioether (sulfide) groups is 1. The maximum atomic E-state index is 4.85. The molecule has 4 heteroatoms. The lowest BCUT2D eigenvalue weighted by Crippen LogP contribution is -2.37. The fourth-order valence-corrected chi connectivity index (χ4v) is 5.71. The summed E-state index contributed by atoms with van der Waals surface area (Å²) >= 11 is 1.94. The van der Waals surface area contributed by atoms with E-state index in [-0.39, 0.29) is 7.43 Å². The van der Waals surface area contributed by atoms with E-state index in [1.54, 1.807) is 10.5 Å². The zero-order chi connectivity index (χ0) is 15.4. The highest BCUT2D eigenvalue weighted by Gasteiger charge is 2.45. The van der Waals surface area contributed by atoms with Gasteiger partial charge in [0, 0.05) is 37.4 Å². The molecular formula is C20H29N3S. The zero-order valence-electron chi connectivity index (χ0n) is 13.9. The van der Waals surface area contributed by atoms with Crippen LogP contribution in [0.2, 0.25) is 0 Å². The van der Waals surface area contributed by atoms with Crippen LogP contribution in [0.3, 0.4) is 0 Å². The first kappa shape index (κ1) is 16.5. The van der Waals surface area contributed by atoms with E-state index >= 15 is 0 Å².